The highest BCUT2D eigenvalue weighted by Gasteiger charge is 2.19. The van der Waals surface area contributed by atoms with Crippen molar-refractivity contribution < 1.29 is 28.6 Å². The topological polar surface area (TPSA) is 78.9 Å². The fourth-order valence-corrected chi connectivity index (χ4v) is 10.0. The molecule has 0 amide bonds. The van der Waals surface area contributed by atoms with E-state index in [1.165, 1.54) is 238 Å². The van der Waals surface area contributed by atoms with Gasteiger partial charge in [-0.15, -0.1) is 0 Å². The van der Waals surface area contributed by atoms with E-state index in [1.54, 1.807) is 0 Å². The summed E-state index contributed by atoms with van der Waals surface area (Å²) >= 11 is 0. The molecule has 1 unspecified atom stereocenters. The molecule has 0 spiro atoms. The molecule has 0 aromatic carbocycles. The number of esters is 3. The van der Waals surface area contributed by atoms with E-state index >= 15 is 0 Å². The van der Waals surface area contributed by atoms with Gasteiger partial charge in [0, 0.05) is 19.3 Å². The quantitative estimate of drug-likeness (QED) is 0.0261. The molecule has 0 N–H and O–H groups in total. The molecule has 76 heavy (non-hydrogen) atoms. The van der Waals surface area contributed by atoms with E-state index < -0.39 is 6.10 Å². The first kappa shape index (κ1) is 73.4. The van der Waals surface area contributed by atoms with Crippen molar-refractivity contribution in [1.29, 1.82) is 0 Å². The van der Waals surface area contributed by atoms with Crippen LogP contribution in [0.2, 0.25) is 0 Å². The van der Waals surface area contributed by atoms with E-state index in [4.69, 9.17) is 14.2 Å². The Bertz CT molecular complexity index is 1310. The Morgan fingerprint density at radius 3 is 0.816 bits per heavy atom. The summed E-state index contributed by atoms with van der Waals surface area (Å²) < 4.78 is 16.8. The molecule has 0 aromatic heterocycles. The van der Waals surface area contributed by atoms with Crippen LogP contribution in [0.15, 0.2) is 48.6 Å². The van der Waals surface area contributed by atoms with Crippen molar-refractivity contribution in [2.75, 3.05) is 13.2 Å². The first-order valence-corrected chi connectivity index (χ1v) is 33.6. The zero-order valence-electron chi connectivity index (χ0n) is 51.0. The normalized spacial score (nSPS) is 12.3. The lowest BCUT2D eigenvalue weighted by molar-refractivity contribution is -0.167. The second-order valence-corrected chi connectivity index (χ2v) is 22.7. The van der Waals surface area contributed by atoms with E-state index in [-0.39, 0.29) is 31.1 Å². The summed E-state index contributed by atoms with van der Waals surface area (Å²) in [7, 11) is 0. The molecule has 6 heteroatoms. The van der Waals surface area contributed by atoms with Crippen LogP contribution in [0.25, 0.3) is 0 Å². The number of carbonyl (C=O) groups excluding carboxylic acids is 3. The van der Waals surface area contributed by atoms with Crippen LogP contribution in [-0.4, -0.2) is 37.2 Å². The standard InChI is InChI=1S/C70H128O6/c1-4-7-10-13-16-18-20-22-24-26-27-28-29-30-31-32-33-34-35-36-37-38-39-40-41-42-43-45-46-48-50-52-54-57-60-63-69(72)75-66-67(65-74-68(71)62-59-56-15-12-9-6-3)76-70(73)64-61-58-55-53-51-49-47-44-25-23-21-19-17-14-11-8-5-2/h8,11,17,19,23,25-27,67H,4-7,9-10,12-16,18,20-22,24,28-66H2,1-3H3/b11-8-,19-17-,25-23-,27-26-. The lowest BCUT2D eigenvalue weighted by Gasteiger charge is -2.18. The molecule has 0 aliphatic heterocycles. The minimum Gasteiger partial charge on any atom is -0.462 e. The molecule has 0 radical (unpaired) electrons. The van der Waals surface area contributed by atoms with Gasteiger partial charge in [-0.3, -0.25) is 14.4 Å². The van der Waals surface area contributed by atoms with Crippen molar-refractivity contribution in [3.63, 3.8) is 0 Å². The van der Waals surface area contributed by atoms with Gasteiger partial charge in [0.25, 0.3) is 0 Å². The highest BCUT2D eigenvalue weighted by Crippen LogP contribution is 2.18. The van der Waals surface area contributed by atoms with Crippen molar-refractivity contribution in [2.45, 2.75) is 367 Å². The number of carbonyl (C=O) groups is 3. The lowest BCUT2D eigenvalue weighted by Crippen LogP contribution is -2.30. The Balaban J connectivity index is 3.90. The number of hydrogen-bond donors (Lipinski definition) is 0. The third-order valence-corrected chi connectivity index (χ3v) is 15.1. The Morgan fingerprint density at radius 1 is 0.276 bits per heavy atom. The average molecular weight is 1070 g/mol. The first-order valence-electron chi connectivity index (χ1n) is 33.6. The first-order chi connectivity index (χ1) is 37.5. The molecule has 0 aliphatic carbocycles. The van der Waals surface area contributed by atoms with Crippen LogP contribution in [0.3, 0.4) is 0 Å². The van der Waals surface area contributed by atoms with E-state index in [1.807, 2.05) is 0 Å². The zero-order chi connectivity index (χ0) is 55.0. The summed E-state index contributed by atoms with van der Waals surface area (Å²) in [6.45, 7) is 6.51. The Labute approximate surface area is 473 Å². The van der Waals surface area contributed by atoms with E-state index in [0.29, 0.717) is 19.3 Å². The summed E-state index contributed by atoms with van der Waals surface area (Å²) in [4.78, 5) is 38.0. The predicted molar refractivity (Wildman–Crippen MR) is 330 cm³/mol. The van der Waals surface area contributed by atoms with Gasteiger partial charge < -0.3 is 14.2 Å². The fourth-order valence-electron chi connectivity index (χ4n) is 10.0. The molecule has 0 fully saturated rings. The van der Waals surface area contributed by atoms with Gasteiger partial charge in [0.1, 0.15) is 13.2 Å². The summed E-state index contributed by atoms with van der Waals surface area (Å²) in [5, 5.41) is 0. The predicted octanol–water partition coefficient (Wildman–Crippen LogP) is 22.9. The van der Waals surface area contributed by atoms with Crippen molar-refractivity contribution in [3.05, 3.63) is 48.6 Å². The minimum absolute atomic E-state index is 0.0735. The molecule has 0 rings (SSSR count). The molecular formula is C70H128O6. The number of unbranched alkanes of at least 4 members (excludes halogenated alkanes) is 43. The second kappa shape index (κ2) is 64.9. The van der Waals surface area contributed by atoms with Crippen LogP contribution in [0, 0.1) is 0 Å². The maximum absolute atomic E-state index is 12.8. The third kappa shape index (κ3) is 62.2. The highest BCUT2D eigenvalue weighted by molar-refractivity contribution is 5.71. The molecular weight excluding hydrogens is 937 g/mol. The number of allylic oxidation sites excluding steroid dienone is 8. The van der Waals surface area contributed by atoms with E-state index in [2.05, 4.69) is 69.4 Å². The lowest BCUT2D eigenvalue weighted by atomic mass is 10.0. The van der Waals surface area contributed by atoms with E-state index in [9.17, 15) is 14.4 Å². The molecule has 0 saturated heterocycles. The second-order valence-electron chi connectivity index (χ2n) is 22.7. The van der Waals surface area contributed by atoms with Crippen LogP contribution < -0.4 is 0 Å². The van der Waals surface area contributed by atoms with Crippen molar-refractivity contribution in [1.82, 2.24) is 0 Å². The fraction of sp³-hybridized carbons (Fsp3) is 0.843. The maximum Gasteiger partial charge on any atom is 0.306 e. The van der Waals surface area contributed by atoms with E-state index in [0.717, 1.165) is 83.5 Å². The Hall–Kier alpha value is -2.63. The van der Waals surface area contributed by atoms with Gasteiger partial charge in [0.2, 0.25) is 0 Å². The largest absolute Gasteiger partial charge is 0.462 e. The number of rotatable bonds is 62. The third-order valence-electron chi connectivity index (χ3n) is 15.1. The van der Waals surface area contributed by atoms with Crippen LogP contribution in [-0.2, 0) is 28.6 Å². The van der Waals surface area contributed by atoms with Crippen molar-refractivity contribution in [3.8, 4) is 0 Å². The SMILES string of the molecule is CC/C=C\C/C=C\C/C=C\CCCCCCCCCC(=O)OC(COC(=O)CCCCCCCC)COC(=O)CCCCCCCCCCCCCCCCCCCCCCCCC/C=C\CCCCCCCCCC. The number of ether oxygens (including phenoxy) is 3. The van der Waals surface area contributed by atoms with Crippen LogP contribution in [0.5, 0.6) is 0 Å². The van der Waals surface area contributed by atoms with Gasteiger partial charge in [-0.05, 0) is 77.0 Å². The molecule has 0 aliphatic rings. The summed E-state index contributed by atoms with van der Waals surface area (Å²) in [5.41, 5.74) is 0. The molecule has 6 nitrogen and oxygen atoms in total. The summed E-state index contributed by atoms with van der Waals surface area (Å²) in [5.74, 6) is -0.876. The van der Waals surface area contributed by atoms with Gasteiger partial charge in [0.05, 0.1) is 0 Å². The average Bonchev–Trinajstić information content (AvgIpc) is 3.42. The molecule has 1 atom stereocenters. The molecule has 0 saturated carbocycles. The van der Waals surface area contributed by atoms with Gasteiger partial charge in [-0.2, -0.15) is 0 Å². The maximum atomic E-state index is 12.8. The van der Waals surface area contributed by atoms with Gasteiger partial charge in [-0.25, -0.2) is 0 Å². The molecule has 0 aromatic rings. The highest BCUT2D eigenvalue weighted by atomic mass is 16.6. The van der Waals surface area contributed by atoms with Crippen LogP contribution in [0.1, 0.15) is 361 Å². The van der Waals surface area contributed by atoms with Gasteiger partial charge in [-0.1, -0.05) is 313 Å². The van der Waals surface area contributed by atoms with Gasteiger partial charge >= 0.3 is 17.9 Å². The molecule has 0 bridgehead atoms. The summed E-state index contributed by atoms with van der Waals surface area (Å²) in [6, 6.07) is 0. The summed E-state index contributed by atoms with van der Waals surface area (Å²) in [6.07, 6.45) is 81.9. The zero-order valence-corrected chi connectivity index (χ0v) is 51.0. The van der Waals surface area contributed by atoms with Crippen LogP contribution >= 0.6 is 0 Å². The Morgan fingerprint density at radius 2 is 0.513 bits per heavy atom. The van der Waals surface area contributed by atoms with Crippen molar-refractivity contribution >= 4 is 17.9 Å². The number of hydrogen-bond acceptors (Lipinski definition) is 6. The monoisotopic (exact) mass is 1060 g/mol. The Kier molecular flexibility index (Phi) is 62.6. The minimum atomic E-state index is -0.773. The molecule has 0 heterocycles. The smallest absolute Gasteiger partial charge is 0.306 e. The van der Waals surface area contributed by atoms with Crippen LogP contribution in [0.4, 0.5) is 0 Å². The van der Waals surface area contributed by atoms with Crippen molar-refractivity contribution in [2.24, 2.45) is 0 Å². The van der Waals surface area contributed by atoms with Gasteiger partial charge in [0.15, 0.2) is 6.10 Å². The molecule has 444 valence electrons.